The second-order valence-corrected chi connectivity index (χ2v) is 13.8. The number of furan rings is 2. The molecule has 0 spiro atoms. The Balaban J connectivity index is 1.28. The molecule has 0 N–H and O–H groups in total. The van der Waals surface area contributed by atoms with E-state index in [1.807, 2.05) is 23.5 Å². The van der Waals surface area contributed by atoms with Crippen LogP contribution in [-0.4, -0.2) is 0 Å². The van der Waals surface area contributed by atoms with Gasteiger partial charge in [0.1, 0.15) is 22.5 Å². The lowest BCUT2D eigenvalue weighted by Crippen LogP contribution is -1.91. The van der Waals surface area contributed by atoms with Gasteiger partial charge in [-0.1, -0.05) is 127 Å². The van der Waals surface area contributed by atoms with E-state index in [1.54, 1.807) is 0 Å². The van der Waals surface area contributed by atoms with Crippen molar-refractivity contribution in [2.45, 2.75) is 0 Å². The van der Waals surface area contributed by atoms with Gasteiger partial charge in [-0.2, -0.15) is 0 Å². The average molecular weight is 643 g/mol. The van der Waals surface area contributed by atoms with E-state index >= 15 is 0 Å². The minimum absolute atomic E-state index is 0.813. The highest BCUT2D eigenvalue weighted by Crippen LogP contribution is 2.51. The van der Waals surface area contributed by atoms with E-state index in [0.717, 1.165) is 49.8 Å². The first-order valence-electron chi connectivity index (χ1n) is 16.6. The molecule has 3 heteroatoms. The topological polar surface area (TPSA) is 26.3 Å². The number of rotatable bonds is 3. The standard InChI is InChI=1S/C46H26O2S/c1-2-12-27(13-3-1)46-45(37-25-36-29-14-8-10-20-38(29)47-39(36)26-40(37)48-46)44-34-18-6-4-16-32(34)43(33-17-5-7-19-35(33)44)28-22-23-31-30-15-9-11-21-41(30)49-42(31)24-28/h1-26H. The van der Waals surface area contributed by atoms with Crippen LogP contribution in [-0.2, 0) is 0 Å². The Morgan fingerprint density at radius 2 is 0.898 bits per heavy atom. The van der Waals surface area contributed by atoms with Crippen LogP contribution in [0.5, 0.6) is 0 Å². The fourth-order valence-corrected chi connectivity index (χ4v) is 9.09. The van der Waals surface area contributed by atoms with E-state index in [4.69, 9.17) is 8.83 Å². The summed E-state index contributed by atoms with van der Waals surface area (Å²) in [6, 6.07) is 56.5. The second-order valence-electron chi connectivity index (χ2n) is 12.8. The molecule has 0 aliphatic rings. The second kappa shape index (κ2) is 10.2. The molecule has 2 nitrogen and oxygen atoms in total. The largest absolute Gasteiger partial charge is 0.456 e. The van der Waals surface area contributed by atoms with Gasteiger partial charge in [-0.15, -0.1) is 11.3 Å². The van der Waals surface area contributed by atoms with Gasteiger partial charge in [0.05, 0.1) is 0 Å². The van der Waals surface area contributed by atoms with E-state index in [2.05, 4.69) is 146 Å². The Bertz CT molecular complexity index is 3050. The van der Waals surface area contributed by atoms with Crippen LogP contribution in [0, 0.1) is 0 Å². The molecule has 0 aliphatic heterocycles. The Labute approximate surface area is 285 Å². The Morgan fingerprint density at radius 1 is 0.306 bits per heavy atom. The molecule has 0 radical (unpaired) electrons. The smallest absolute Gasteiger partial charge is 0.143 e. The average Bonchev–Trinajstić information content (AvgIpc) is 3.83. The summed E-state index contributed by atoms with van der Waals surface area (Å²) in [5, 5.41) is 10.7. The molecular weight excluding hydrogens is 617 g/mol. The molecule has 3 aromatic heterocycles. The highest BCUT2D eigenvalue weighted by atomic mass is 32.1. The van der Waals surface area contributed by atoms with Gasteiger partial charge in [0, 0.05) is 59.1 Å². The molecule has 49 heavy (non-hydrogen) atoms. The van der Waals surface area contributed by atoms with Crippen molar-refractivity contribution in [1.82, 2.24) is 0 Å². The van der Waals surface area contributed by atoms with E-state index in [1.165, 1.54) is 58.4 Å². The lowest BCUT2D eigenvalue weighted by Gasteiger charge is -2.18. The SMILES string of the molecule is c1ccc(-c2oc3cc4oc5ccccc5c4cc3c2-c2c3ccccc3c(-c3ccc4c(c3)sc3ccccc34)c3ccccc23)cc1. The number of hydrogen-bond acceptors (Lipinski definition) is 3. The van der Waals surface area contributed by atoms with Crippen molar-refractivity contribution >= 4 is 86.0 Å². The molecule has 11 rings (SSSR count). The number of para-hydroxylation sites is 1. The van der Waals surface area contributed by atoms with Crippen LogP contribution >= 0.6 is 11.3 Å². The van der Waals surface area contributed by atoms with E-state index in [9.17, 15) is 0 Å². The zero-order valence-corrected chi connectivity index (χ0v) is 27.1. The highest BCUT2D eigenvalue weighted by Gasteiger charge is 2.25. The summed E-state index contributed by atoms with van der Waals surface area (Å²) in [4.78, 5) is 0. The van der Waals surface area contributed by atoms with Gasteiger partial charge in [0.15, 0.2) is 0 Å². The summed E-state index contributed by atoms with van der Waals surface area (Å²) in [5.74, 6) is 0.863. The zero-order valence-electron chi connectivity index (χ0n) is 26.2. The van der Waals surface area contributed by atoms with Crippen LogP contribution in [0.4, 0.5) is 0 Å². The molecule has 11 aromatic rings. The molecule has 0 saturated heterocycles. The molecule has 228 valence electrons. The third kappa shape index (κ3) is 3.88. The first kappa shape index (κ1) is 26.9. The highest BCUT2D eigenvalue weighted by molar-refractivity contribution is 7.25. The summed E-state index contributed by atoms with van der Waals surface area (Å²) in [5.41, 5.74) is 8.34. The minimum Gasteiger partial charge on any atom is -0.456 e. The number of fused-ring (bicyclic) bond motifs is 9. The van der Waals surface area contributed by atoms with Gasteiger partial charge < -0.3 is 8.83 Å². The Morgan fingerprint density at radius 3 is 1.65 bits per heavy atom. The first-order chi connectivity index (χ1) is 24.3. The van der Waals surface area contributed by atoms with Crippen molar-refractivity contribution < 1.29 is 8.83 Å². The van der Waals surface area contributed by atoms with Gasteiger partial charge >= 0.3 is 0 Å². The van der Waals surface area contributed by atoms with Gasteiger partial charge in [0.25, 0.3) is 0 Å². The normalized spacial score (nSPS) is 12.1. The predicted octanol–water partition coefficient (Wildman–Crippen LogP) is 14.0. The molecular formula is C46H26O2S. The summed E-state index contributed by atoms with van der Waals surface area (Å²) in [7, 11) is 0. The fraction of sp³-hybridized carbons (Fsp3) is 0. The summed E-state index contributed by atoms with van der Waals surface area (Å²) >= 11 is 1.87. The van der Waals surface area contributed by atoms with Crippen LogP contribution < -0.4 is 0 Å². The number of thiophene rings is 1. The molecule has 0 atom stereocenters. The van der Waals surface area contributed by atoms with E-state index < -0.39 is 0 Å². The molecule has 0 unspecified atom stereocenters. The Hall–Kier alpha value is -6.16. The zero-order chi connectivity index (χ0) is 32.1. The molecule has 0 bridgehead atoms. The third-order valence-corrected chi connectivity index (χ3v) is 11.2. The number of benzene rings is 8. The summed E-state index contributed by atoms with van der Waals surface area (Å²) in [6.07, 6.45) is 0. The monoisotopic (exact) mass is 642 g/mol. The fourth-order valence-electron chi connectivity index (χ4n) is 7.95. The molecule has 3 heterocycles. The molecule has 0 aliphatic carbocycles. The quantitative estimate of drug-likeness (QED) is 0.179. The molecule has 0 saturated carbocycles. The van der Waals surface area contributed by atoms with E-state index in [-0.39, 0.29) is 0 Å². The van der Waals surface area contributed by atoms with Crippen molar-refractivity contribution in [3.05, 3.63) is 158 Å². The van der Waals surface area contributed by atoms with Crippen molar-refractivity contribution in [3.63, 3.8) is 0 Å². The van der Waals surface area contributed by atoms with Crippen molar-refractivity contribution in [3.8, 4) is 33.6 Å². The first-order valence-corrected chi connectivity index (χ1v) is 17.4. The minimum atomic E-state index is 0.813. The maximum Gasteiger partial charge on any atom is 0.143 e. The van der Waals surface area contributed by atoms with Gasteiger partial charge in [-0.25, -0.2) is 0 Å². The van der Waals surface area contributed by atoms with Crippen molar-refractivity contribution in [2.75, 3.05) is 0 Å². The third-order valence-electron chi connectivity index (χ3n) is 10.1. The van der Waals surface area contributed by atoms with Crippen molar-refractivity contribution in [2.24, 2.45) is 0 Å². The van der Waals surface area contributed by atoms with Crippen molar-refractivity contribution in [1.29, 1.82) is 0 Å². The van der Waals surface area contributed by atoms with Crippen LogP contribution in [0.3, 0.4) is 0 Å². The van der Waals surface area contributed by atoms with Gasteiger partial charge in [-0.3, -0.25) is 0 Å². The maximum absolute atomic E-state index is 6.87. The molecule has 0 amide bonds. The maximum atomic E-state index is 6.87. The van der Waals surface area contributed by atoms with Crippen LogP contribution in [0.25, 0.3) is 108 Å². The number of hydrogen-bond donors (Lipinski definition) is 0. The molecule has 0 fully saturated rings. The predicted molar refractivity (Wildman–Crippen MR) is 208 cm³/mol. The van der Waals surface area contributed by atoms with Crippen LogP contribution in [0.1, 0.15) is 0 Å². The van der Waals surface area contributed by atoms with E-state index in [0.29, 0.717) is 0 Å². The molecule has 8 aromatic carbocycles. The summed E-state index contributed by atoms with van der Waals surface area (Å²) in [6.45, 7) is 0. The van der Waals surface area contributed by atoms with Gasteiger partial charge in [0.2, 0.25) is 0 Å². The summed E-state index contributed by atoms with van der Waals surface area (Å²) < 4.78 is 15.8. The lowest BCUT2D eigenvalue weighted by atomic mass is 9.84. The van der Waals surface area contributed by atoms with Gasteiger partial charge in [-0.05, 0) is 56.9 Å². The Kier molecular flexibility index (Phi) is 5.57. The van der Waals surface area contributed by atoms with Crippen LogP contribution in [0.15, 0.2) is 167 Å². The van der Waals surface area contributed by atoms with Crippen LogP contribution in [0.2, 0.25) is 0 Å². The lowest BCUT2D eigenvalue weighted by molar-refractivity contribution is 0.629.